The van der Waals surface area contributed by atoms with Crippen LogP contribution in [0.1, 0.15) is 34.6 Å². The van der Waals surface area contributed by atoms with E-state index in [1.165, 1.54) is 19.3 Å². The van der Waals surface area contributed by atoms with Gasteiger partial charge in [0.2, 0.25) is 0 Å². The molecular weight excluding hydrogens is 260 g/mol. The van der Waals surface area contributed by atoms with Crippen molar-refractivity contribution >= 4 is 11.8 Å². The monoisotopic (exact) mass is 274 g/mol. The molecule has 0 saturated heterocycles. The lowest BCUT2D eigenvalue weighted by molar-refractivity contribution is -0.0761. The van der Waals surface area contributed by atoms with Gasteiger partial charge in [0.1, 0.15) is 18.1 Å². The van der Waals surface area contributed by atoms with Crippen molar-refractivity contribution in [2.24, 2.45) is 5.73 Å². The standard InChI is InChI=1S/C14H14N2O4/c1-9(16(19)14(15)18)12-7-11(8-20-12)13(17)10-5-3-2-4-6-10/h2-9,19H,1H3,(H2,15,18). The van der Waals surface area contributed by atoms with Crippen LogP contribution in [-0.2, 0) is 0 Å². The van der Waals surface area contributed by atoms with Gasteiger partial charge in [0, 0.05) is 5.56 Å². The second-order valence-electron chi connectivity index (χ2n) is 4.29. The van der Waals surface area contributed by atoms with Crippen molar-refractivity contribution in [2.45, 2.75) is 13.0 Å². The Kier molecular flexibility index (Phi) is 3.86. The van der Waals surface area contributed by atoms with E-state index in [9.17, 15) is 14.8 Å². The van der Waals surface area contributed by atoms with E-state index in [2.05, 4.69) is 0 Å². The molecular formula is C14H14N2O4. The van der Waals surface area contributed by atoms with Gasteiger partial charge in [-0.1, -0.05) is 30.3 Å². The summed E-state index contributed by atoms with van der Waals surface area (Å²) in [5.41, 5.74) is 5.83. The van der Waals surface area contributed by atoms with Gasteiger partial charge in [-0.15, -0.1) is 0 Å². The van der Waals surface area contributed by atoms with E-state index in [1.54, 1.807) is 24.3 Å². The molecule has 104 valence electrons. The zero-order chi connectivity index (χ0) is 14.7. The lowest BCUT2D eigenvalue weighted by atomic mass is 10.1. The lowest BCUT2D eigenvalue weighted by Crippen LogP contribution is -2.34. The van der Waals surface area contributed by atoms with E-state index >= 15 is 0 Å². The Bertz CT molecular complexity index is 621. The molecule has 0 radical (unpaired) electrons. The first-order valence-electron chi connectivity index (χ1n) is 5.96. The quantitative estimate of drug-likeness (QED) is 0.508. The topological polar surface area (TPSA) is 96.8 Å². The van der Waals surface area contributed by atoms with Crippen molar-refractivity contribution in [1.29, 1.82) is 0 Å². The van der Waals surface area contributed by atoms with E-state index < -0.39 is 12.1 Å². The Morgan fingerprint density at radius 1 is 1.25 bits per heavy atom. The minimum atomic E-state index is -0.996. The summed E-state index contributed by atoms with van der Waals surface area (Å²) in [7, 11) is 0. The molecule has 0 saturated carbocycles. The summed E-state index contributed by atoms with van der Waals surface area (Å²) in [6, 6.07) is 8.44. The largest absolute Gasteiger partial charge is 0.466 e. The van der Waals surface area contributed by atoms with E-state index in [0.717, 1.165) is 0 Å². The molecule has 20 heavy (non-hydrogen) atoms. The molecule has 2 aromatic rings. The summed E-state index contributed by atoms with van der Waals surface area (Å²) >= 11 is 0. The third-order valence-electron chi connectivity index (χ3n) is 2.92. The first-order chi connectivity index (χ1) is 9.50. The second-order valence-corrected chi connectivity index (χ2v) is 4.29. The highest BCUT2D eigenvalue weighted by atomic mass is 16.5. The first kappa shape index (κ1) is 13.8. The Labute approximate surface area is 115 Å². The molecule has 1 heterocycles. The minimum Gasteiger partial charge on any atom is -0.466 e. The normalized spacial score (nSPS) is 11.9. The molecule has 1 atom stereocenters. The fourth-order valence-corrected chi connectivity index (χ4v) is 1.76. The molecule has 0 spiro atoms. The summed E-state index contributed by atoms with van der Waals surface area (Å²) in [6.45, 7) is 1.53. The number of furan rings is 1. The Morgan fingerprint density at radius 2 is 1.90 bits per heavy atom. The maximum Gasteiger partial charge on any atom is 0.339 e. The summed E-state index contributed by atoms with van der Waals surface area (Å²) in [4.78, 5) is 23.0. The number of primary amides is 1. The number of hydroxylamine groups is 2. The van der Waals surface area contributed by atoms with E-state index in [-0.39, 0.29) is 11.5 Å². The predicted molar refractivity (Wildman–Crippen MR) is 70.2 cm³/mol. The number of urea groups is 1. The van der Waals surface area contributed by atoms with Crippen LogP contribution in [0.2, 0.25) is 0 Å². The maximum atomic E-state index is 12.2. The van der Waals surface area contributed by atoms with Crippen LogP contribution in [0.15, 0.2) is 47.1 Å². The molecule has 2 amide bonds. The van der Waals surface area contributed by atoms with Gasteiger partial charge in [0.25, 0.3) is 0 Å². The lowest BCUT2D eigenvalue weighted by Gasteiger charge is -2.17. The summed E-state index contributed by atoms with van der Waals surface area (Å²) in [6.07, 6.45) is 1.29. The number of carbonyl (C=O) groups is 2. The highest BCUT2D eigenvalue weighted by Gasteiger charge is 2.22. The third-order valence-corrected chi connectivity index (χ3v) is 2.92. The van der Waals surface area contributed by atoms with Crippen LogP contribution in [-0.4, -0.2) is 22.1 Å². The number of benzene rings is 1. The van der Waals surface area contributed by atoms with Crippen LogP contribution in [0.3, 0.4) is 0 Å². The smallest absolute Gasteiger partial charge is 0.339 e. The van der Waals surface area contributed by atoms with Gasteiger partial charge in [-0.3, -0.25) is 10.0 Å². The molecule has 2 rings (SSSR count). The van der Waals surface area contributed by atoms with Crippen LogP contribution >= 0.6 is 0 Å². The van der Waals surface area contributed by atoms with Gasteiger partial charge in [-0.2, -0.15) is 5.06 Å². The van der Waals surface area contributed by atoms with E-state index in [1.807, 2.05) is 6.07 Å². The highest BCUT2D eigenvalue weighted by Crippen LogP contribution is 2.22. The van der Waals surface area contributed by atoms with Crippen LogP contribution in [0.5, 0.6) is 0 Å². The van der Waals surface area contributed by atoms with Gasteiger partial charge in [0.15, 0.2) is 5.78 Å². The zero-order valence-electron chi connectivity index (χ0n) is 10.8. The van der Waals surface area contributed by atoms with Crippen LogP contribution in [0, 0.1) is 0 Å². The van der Waals surface area contributed by atoms with Crippen LogP contribution in [0.25, 0.3) is 0 Å². The summed E-state index contributed by atoms with van der Waals surface area (Å²) in [5, 5.41) is 9.77. The Morgan fingerprint density at radius 3 is 2.50 bits per heavy atom. The van der Waals surface area contributed by atoms with Crippen LogP contribution in [0.4, 0.5) is 4.79 Å². The average Bonchev–Trinajstić information content (AvgIpc) is 2.95. The fourth-order valence-electron chi connectivity index (χ4n) is 1.76. The van der Waals surface area contributed by atoms with E-state index in [0.29, 0.717) is 16.2 Å². The molecule has 1 aromatic carbocycles. The number of nitrogens with zero attached hydrogens (tertiary/aromatic N) is 1. The predicted octanol–water partition coefficient (Wildman–Crippen LogP) is 2.34. The molecule has 0 aliphatic heterocycles. The molecule has 3 N–H and O–H groups in total. The molecule has 0 bridgehead atoms. The summed E-state index contributed by atoms with van der Waals surface area (Å²) in [5.74, 6) is 0.0712. The van der Waals surface area contributed by atoms with Crippen molar-refractivity contribution in [3.63, 3.8) is 0 Å². The van der Waals surface area contributed by atoms with Gasteiger partial charge in [-0.25, -0.2) is 4.79 Å². The SMILES string of the molecule is CC(c1cc(C(=O)c2ccccc2)co1)N(O)C(N)=O. The summed E-state index contributed by atoms with van der Waals surface area (Å²) < 4.78 is 5.21. The Hall–Kier alpha value is -2.60. The molecule has 0 aliphatic rings. The number of carbonyl (C=O) groups excluding carboxylic acids is 2. The van der Waals surface area contributed by atoms with Crippen molar-refractivity contribution < 1.29 is 19.2 Å². The first-order valence-corrected chi connectivity index (χ1v) is 5.96. The van der Waals surface area contributed by atoms with Gasteiger partial charge < -0.3 is 10.2 Å². The molecule has 0 fully saturated rings. The van der Waals surface area contributed by atoms with E-state index in [4.69, 9.17) is 10.2 Å². The zero-order valence-corrected chi connectivity index (χ0v) is 10.8. The third kappa shape index (κ3) is 2.70. The van der Waals surface area contributed by atoms with Crippen LogP contribution < -0.4 is 5.73 Å². The number of rotatable bonds is 4. The molecule has 6 nitrogen and oxygen atoms in total. The molecule has 1 unspecified atom stereocenters. The fraction of sp³-hybridized carbons (Fsp3) is 0.143. The second kappa shape index (κ2) is 5.58. The molecule has 0 aliphatic carbocycles. The number of hydrogen-bond acceptors (Lipinski definition) is 4. The number of ketones is 1. The highest BCUT2D eigenvalue weighted by molar-refractivity contribution is 6.08. The van der Waals surface area contributed by atoms with Crippen molar-refractivity contribution in [3.8, 4) is 0 Å². The molecule has 6 heteroatoms. The Balaban J connectivity index is 2.21. The minimum absolute atomic E-state index is 0.198. The van der Waals surface area contributed by atoms with Gasteiger partial charge in [0.05, 0.1) is 5.56 Å². The van der Waals surface area contributed by atoms with Crippen molar-refractivity contribution in [2.75, 3.05) is 0 Å². The van der Waals surface area contributed by atoms with Gasteiger partial charge >= 0.3 is 6.03 Å². The number of hydrogen-bond donors (Lipinski definition) is 2. The average molecular weight is 274 g/mol. The van der Waals surface area contributed by atoms with Crippen molar-refractivity contribution in [3.05, 3.63) is 59.5 Å². The molecule has 1 aromatic heterocycles. The maximum absolute atomic E-state index is 12.2. The van der Waals surface area contributed by atoms with Crippen molar-refractivity contribution in [1.82, 2.24) is 5.06 Å². The number of amides is 2. The van der Waals surface area contributed by atoms with Gasteiger partial charge in [-0.05, 0) is 13.0 Å². The number of nitrogens with two attached hydrogens (primary N) is 1.